The lowest BCUT2D eigenvalue weighted by molar-refractivity contribution is -0.120. The van der Waals surface area contributed by atoms with E-state index in [2.05, 4.69) is 21.4 Å². The number of halogens is 1. The standard InChI is InChI=1S/C29H33FN4O4S/c1-21-28(27(38-32-21)12-11-23-8-2-3-10-26(23)30)39(36,37)34-17-13-24(14-18-34)29(35)31-25-9-6-7-22(19-25)20-33-15-4-5-16-33/h2-3,6-12,19,24H,4-5,13-18,20H2,1H3,(H,31,35)/b12-11+. The maximum atomic E-state index is 14.0. The van der Waals surface area contributed by atoms with Crippen LogP contribution >= 0.6 is 0 Å². The molecule has 0 saturated carbocycles. The van der Waals surface area contributed by atoms with Crippen LogP contribution in [0.25, 0.3) is 12.2 Å². The number of benzene rings is 2. The highest BCUT2D eigenvalue weighted by Gasteiger charge is 2.36. The first kappa shape index (κ1) is 27.2. The number of rotatable bonds is 8. The molecule has 0 atom stereocenters. The van der Waals surface area contributed by atoms with Crippen molar-refractivity contribution in [2.24, 2.45) is 5.92 Å². The Labute approximate surface area is 228 Å². The molecule has 3 heterocycles. The molecule has 1 aromatic heterocycles. The van der Waals surface area contributed by atoms with E-state index in [1.165, 1.54) is 40.9 Å². The minimum absolute atomic E-state index is 0.0344. The Balaban J connectivity index is 1.21. The molecule has 2 aliphatic heterocycles. The van der Waals surface area contributed by atoms with Gasteiger partial charge >= 0.3 is 0 Å². The Hall–Kier alpha value is -3.34. The number of carbonyl (C=O) groups is 1. The lowest BCUT2D eigenvalue weighted by Crippen LogP contribution is -2.41. The highest BCUT2D eigenvalue weighted by molar-refractivity contribution is 7.89. The van der Waals surface area contributed by atoms with E-state index in [1.54, 1.807) is 25.1 Å². The molecule has 2 aliphatic rings. The number of piperidine rings is 1. The highest BCUT2D eigenvalue weighted by Crippen LogP contribution is 2.30. The number of anilines is 1. The third kappa shape index (κ3) is 6.29. The summed E-state index contributed by atoms with van der Waals surface area (Å²) in [5, 5.41) is 6.87. The molecular formula is C29H33FN4O4S. The topological polar surface area (TPSA) is 95.8 Å². The van der Waals surface area contributed by atoms with Crippen molar-refractivity contribution in [3.8, 4) is 0 Å². The van der Waals surface area contributed by atoms with Crippen molar-refractivity contribution < 1.29 is 22.1 Å². The van der Waals surface area contributed by atoms with Crippen molar-refractivity contribution in [3.63, 3.8) is 0 Å². The number of likely N-dealkylation sites (tertiary alicyclic amines) is 1. The number of nitrogens with zero attached hydrogens (tertiary/aromatic N) is 3. The van der Waals surface area contributed by atoms with Gasteiger partial charge in [-0.3, -0.25) is 9.69 Å². The Morgan fingerprint density at radius 2 is 1.82 bits per heavy atom. The van der Waals surface area contributed by atoms with Crippen molar-refractivity contribution in [1.82, 2.24) is 14.4 Å². The predicted molar refractivity (Wildman–Crippen MR) is 148 cm³/mol. The molecule has 8 nitrogen and oxygen atoms in total. The summed E-state index contributed by atoms with van der Waals surface area (Å²) < 4.78 is 47.7. The summed E-state index contributed by atoms with van der Waals surface area (Å²) in [4.78, 5) is 15.4. The van der Waals surface area contributed by atoms with Gasteiger partial charge < -0.3 is 9.84 Å². The van der Waals surface area contributed by atoms with Gasteiger partial charge in [0.2, 0.25) is 15.9 Å². The largest absolute Gasteiger partial charge is 0.355 e. The molecule has 2 saturated heterocycles. The van der Waals surface area contributed by atoms with Crippen LogP contribution in [0.3, 0.4) is 0 Å². The number of sulfonamides is 1. The van der Waals surface area contributed by atoms with Crippen LogP contribution in [0.2, 0.25) is 0 Å². The average molecular weight is 553 g/mol. The molecule has 0 spiro atoms. The van der Waals surface area contributed by atoms with Gasteiger partial charge in [0, 0.05) is 36.8 Å². The van der Waals surface area contributed by atoms with Crippen LogP contribution in [-0.2, 0) is 21.4 Å². The van der Waals surface area contributed by atoms with Gasteiger partial charge in [-0.1, -0.05) is 35.5 Å². The lowest BCUT2D eigenvalue weighted by Gasteiger charge is -2.30. The summed E-state index contributed by atoms with van der Waals surface area (Å²) in [6, 6.07) is 14.1. The van der Waals surface area contributed by atoms with E-state index in [9.17, 15) is 17.6 Å². The van der Waals surface area contributed by atoms with Crippen LogP contribution in [0.4, 0.5) is 10.1 Å². The number of nitrogens with one attached hydrogen (secondary N) is 1. The molecule has 0 bridgehead atoms. The van der Waals surface area contributed by atoms with E-state index >= 15 is 0 Å². The van der Waals surface area contributed by atoms with Crippen LogP contribution < -0.4 is 5.32 Å². The number of amides is 1. The number of hydrogen-bond acceptors (Lipinski definition) is 6. The van der Waals surface area contributed by atoms with E-state index in [-0.39, 0.29) is 41.3 Å². The summed E-state index contributed by atoms with van der Waals surface area (Å²) in [6.07, 6.45) is 6.15. The number of hydrogen-bond donors (Lipinski definition) is 1. The summed E-state index contributed by atoms with van der Waals surface area (Å²) in [6.45, 7) is 5.06. The van der Waals surface area contributed by atoms with Crippen molar-refractivity contribution in [2.45, 2.75) is 44.0 Å². The SMILES string of the molecule is Cc1noc(/C=C/c2ccccc2F)c1S(=O)(=O)N1CCC(C(=O)Nc2cccc(CN3CCCC3)c2)CC1. The first-order valence-electron chi connectivity index (χ1n) is 13.3. The quantitative estimate of drug-likeness (QED) is 0.426. The molecule has 1 N–H and O–H groups in total. The fraction of sp³-hybridized carbons (Fsp3) is 0.379. The fourth-order valence-corrected chi connectivity index (χ4v) is 6.97. The number of carbonyl (C=O) groups excluding carboxylic acids is 1. The Bertz CT molecular complexity index is 1460. The maximum absolute atomic E-state index is 14.0. The molecule has 0 radical (unpaired) electrons. The monoisotopic (exact) mass is 552 g/mol. The van der Waals surface area contributed by atoms with Gasteiger partial charge in [-0.25, -0.2) is 12.8 Å². The van der Waals surface area contributed by atoms with Gasteiger partial charge in [0.25, 0.3) is 0 Å². The van der Waals surface area contributed by atoms with Gasteiger partial charge in [-0.05, 0) is 81.6 Å². The summed E-state index contributed by atoms with van der Waals surface area (Å²) in [5.74, 6) is -0.764. The van der Waals surface area contributed by atoms with Gasteiger partial charge in [-0.2, -0.15) is 4.31 Å². The van der Waals surface area contributed by atoms with E-state index in [4.69, 9.17) is 4.52 Å². The fourth-order valence-electron chi connectivity index (χ4n) is 5.25. The second-order valence-electron chi connectivity index (χ2n) is 10.2. The Morgan fingerprint density at radius 3 is 2.56 bits per heavy atom. The lowest BCUT2D eigenvalue weighted by atomic mass is 9.97. The van der Waals surface area contributed by atoms with Crippen molar-refractivity contribution >= 4 is 33.8 Å². The first-order valence-corrected chi connectivity index (χ1v) is 14.8. The zero-order valence-electron chi connectivity index (χ0n) is 22.0. The zero-order valence-corrected chi connectivity index (χ0v) is 22.8. The van der Waals surface area contributed by atoms with E-state index in [0.29, 0.717) is 18.4 Å². The van der Waals surface area contributed by atoms with Crippen molar-refractivity contribution in [3.05, 3.63) is 76.9 Å². The second kappa shape index (κ2) is 11.8. The Morgan fingerprint density at radius 1 is 1.08 bits per heavy atom. The molecule has 10 heteroatoms. The molecule has 2 fully saturated rings. The third-order valence-corrected chi connectivity index (χ3v) is 9.43. The van der Waals surface area contributed by atoms with Gasteiger partial charge in [-0.15, -0.1) is 0 Å². The molecule has 5 rings (SSSR count). The summed E-state index contributed by atoms with van der Waals surface area (Å²) in [7, 11) is -3.92. The molecule has 39 heavy (non-hydrogen) atoms. The zero-order chi connectivity index (χ0) is 27.4. The van der Waals surface area contributed by atoms with Crippen LogP contribution in [-0.4, -0.2) is 54.9 Å². The van der Waals surface area contributed by atoms with Crippen molar-refractivity contribution in [2.75, 3.05) is 31.5 Å². The van der Waals surface area contributed by atoms with Gasteiger partial charge in [0.15, 0.2) is 10.7 Å². The molecule has 0 aliphatic carbocycles. The van der Waals surface area contributed by atoms with Gasteiger partial charge in [0.05, 0.1) is 0 Å². The van der Waals surface area contributed by atoms with Crippen LogP contribution in [0.5, 0.6) is 0 Å². The third-order valence-electron chi connectivity index (χ3n) is 7.37. The van der Waals surface area contributed by atoms with E-state index < -0.39 is 15.8 Å². The van der Waals surface area contributed by atoms with Crippen LogP contribution in [0.1, 0.15) is 48.3 Å². The van der Waals surface area contributed by atoms with Gasteiger partial charge in [0.1, 0.15) is 11.5 Å². The Kier molecular flexibility index (Phi) is 8.25. The molecule has 206 valence electrons. The van der Waals surface area contributed by atoms with Crippen LogP contribution in [0.15, 0.2) is 57.9 Å². The minimum Gasteiger partial charge on any atom is -0.355 e. The molecule has 0 unspecified atom stereocenters. The smallest absolute Gasteiger partial charge is 0.248 e. The van der Waals surface area contributed by atoms with Crippen LogP contribution in [0, 0.1) is 18.7 Å². The van der Waals surface area contributed by atoms with E-state index in [0.717, 1.165) is 25.3 Å². The number of aromatic nitrogens is 1. The number of aryl methyl sites for hydroxylation is 1. The summed E-state index contributed by atoms with van der Waals surface area (Å²) >= 11 is 0. The maximum Gasteiger partial charge on any atom is 0.248 e. The van der Waals surface area contributed by atoms with Crippen molar-refractivity contribution in [1.29, 1.82) is 0 Å². The second-order valence-corrected chi connectivity index (χ2v) is 12.0. The molecule has 3 aromatic rings. The minimum atomic E-state index is -3.92. The normalized spacial score (nSPS) is 17.7. The highest BCUT2D eigenvalue weighted by atomic mass is 32.2. The average Bonchev–Trinajstić information content (AvgIpc) is 3.58. The molecule has 2 aromatic carbocycles. The van der Waals surface area contributed by atoms with E-state index in [1.807, 2.05) is 18.2 Å². The molecule has 1 amide bonds. The molecular weight excluding hydrogens is 519 g/mol. The predicted octanol–water partition coefficient (Wildman–Crippen LogP) is 4.93. The summed E-state index contributed by atoms with van der Waals surface area (Å²) in [5.41, 5.74) is 2.47. The first-order chi connectivity index (χ1) is 18.8.